The third kappa shape index (κ3) is 2.63. The third-order valence-corrected chi connectivity index (χ3v) is 3.93. The number of aromatic carboxylic acids is 1. The molecule has 23 heavy (non-hydrogen) atoms. The van der Waals surface area contributed by atoms with Crippen LogP contribution in [0.2, 0.25) is 0 Å². The number of rotatable bonds is 3. The van der Waals surface area contributed by atoms with E-state index in [2.05, 4.69) is 10.2 Å². The van der Waals surface area contributed by atoms with Gasteiger partial charge in [0.25, 0.3) is 5.91 Å². The van der Waals surface area contributed by atoms with Crippen LogP contribution in [0.1, 0.15) is 32.1 Å². The topological polar surface area (TPSA) is 97.5 Å². The van der Waals surface area contributed by atoms with E-state index in [1.165, 1.54) is 13.2 Å². The Hall–Kier alpha value is -2.90. The summed E-state index contributed by atoms with van der Waals surface area (Å²) in [4.78, 5) is 25.8. The fraction of sp³-hybridized carbons (Fsp3) is 0.333. The highest BCUT2D eigenvalue weighted by atomic mass is 16.5. The lowest BCUT2D eigenvalue weighted by Gasteiger charge is -2.27. The van der Waals surface area contributed by atoms with Gasteiger partial charge in [-0.3, -0.25) is 4.79 Å². The first-order chi connectivity index (χ1) is 11.0. The number of aryl methyl sites for hydroxylation is 1. The summed E-state index contributed by atoms with van der Waals surface area (Å²) in [7, 11) is 1.40. The van der Waals surface area contributed by atoms with Gasteiger partial charge in [0.2, 0.25) is 0 Å². The number of carboxylic acids is 1. The molecular formula is C15H16N4O4. The maximum absolute atomic E-state index is 12.8. The summed E-state index contributed by atoms with van der Waals surface area (Å²) in [6.07, 6.45) is 1.64. The van der Waals surface area contributed by atoms with Gasteiger partial charge in [0, 0.05) is 18.7 Å². The number of ether oxygens (including phenoxy) is 1. The van der Waals surface area contributed by atoms with Crippen LogP contribution in [0, 0.1) is 6.92 Å². The van der Waals surface area contributed by atoms with Crippen molar-refractivity contribution in [1.29, 1.82) is 0 Å². The fourth-order valence-electron chi connectivity index (χ4n) is 2.66. The zero-order chi connectivity index (χ0) is 16.6. The van der Waals surface area contributed by atoms with E-state index in [0.29, 0.717) is 36.6 Å². The average molecular weight is 316 g/mol. The van der Waals surface area contributed by atoms with E-state index in [1.54, 1.807) is 24.2 Å². The van der Waals surface area contributed by atoms with Gasteiger partial charge in [-0.05, 0) is 24.6 Å². The van der Waals surface area contributed by atoms with Crippen molar-refractivity contribution in [1.82, 2.24) is 19.7 Å². The molecule has 8 nitrogen and oxygen atoms in total. The summed E-state index contributed by atoms with van der Waals surface area (Å²) in [6, 6.07) is 2.95. The molecule has 1 aromatic carbocycles. The first-order valence-corrected chi connectivity index (χ1v) is 7.09. The molecule has 0 atom stereocenters. The maximum Gasteiger partial charge on any atom is 0.339 e. The van der Waals surface area contributed by atoms with E-state index in [9.17, 15) is 14.7 Å². The number of hydrogen-bond donors (Lipinski definition) is 1. The second kappa shape index (κ2) is 5.71. The number of hydrogen-bond acceptors (Lipinski definition) is 5. The van der Waals surface area contributed by atoms with Crippen molar-refractivity contribution in [3.8, 4) is 5.75 Å². The zero-order valence-electron chi connectivity index (χ0n) is 12.8. The summed E-state index contributed by atoms with van der Waals surface area (Å²) in [6.45, 7) is 3.26. The van der Waals surface area contributed by atoms with Gasteiger partial charge in [-0.2, -0.15) is 0 Å². The summed E-state index contributed by atoms with van der Waals surface area (Å²) in [5.41, 5.74) is 1.00. The van der Waals surface area contributed by atoms with Crippen molar-refractivity contribution >= 4 is 11.9 Å². The third-order valence-electron chi connectivity index (χ3n) is 3.93. The van der Waals surface area contributed by atoms with Crippen molar-refractivity contribution < 1.29 is 19.4 Å². The molecule has 0 radical (unpaired) electrons. The number of carbonyl (C=O) groups is 2. The Balaban J connectivity index is 1.94. The van der Waals surface area contributed by atoms with Gasteiger partial charge in [-0.1, -0.05) is 0 Å². The number of aromatic nitrogens is 3. The second-order valence-corrected chi connectivity index (χ2v) is 5.34. The lowest BCUT2D eigenvalue weighted by molar-refractivity contribution is 0.0693. The Kier molecular flexibility index (Phi) is 3.73. The standard InChI is InChI=1S/C15H16N4O4/c1-9-5-12(23-2)11(15(21)22)6-10(9)14(20)18-3-4-19-8-16-17-13(19)7-18/h5-6,8H,3-4,7H2,1-2H3,(H,21,22). The van der Waals surface area contributed by atoms with E-state index in [0.717, 1.165) is 0 Å². The molecule has 0 spiro atoms. The molecule has 2 aromatic rings. The van der Waals surface area contributed by atoms with Crippen LogP contribution in [0.4, 0.5) is 0 Å². The Morgan fingerprint density at radius 3 is 2.74 bits per heavy atom. The van der Waals surface area contributed by atoms with Gasteiger partial charge in [0.1, 0.15) is 17.6 Å². The number of methoxy groups -OCH3 is 1. The van der Waals surface area contributed by atoms with Crippen LogP contribution in [-0.2, 0) is 13.1 Å². The molecule has 3 rings (SSSR count). The quantitative estimate of drug-likeness (QED) is 0.905. The van der Waals surface area contributed by atoms with Crippen molar-refractivity contribution in [2.75, 3.05) is 13.7 Å². The molecule has 1 aliphatic rings. The normalized spacial score (nSPS) is 13.6. The Morgan fingerprint density at radius 1 is 1.26 bits per heavy atom. The minimum Gasteiger partial charge on any atom is -0.496 e. The van der Waals surface area contributed by atoms with Gasteiger partial charge in [0.05, 0.1) is 13.7 Å². The highest BCUT2D eigenvalue weighted by Gasteiger charge is 2.25. The molecule has 1 amide bonds. The fourth-order valence-corrected chi connectivity index (χ4v) is 2.66. The number of carboxylic acid groups (broad SMARTS) is 1. The largest absolute Gasteiger partial charge is 0.496 e. The van der Waals surface area contributed by atoms with Crippen LogP contribution < -0.4 is 4.74 Å². The molecule has 1 aliphatic heterocycles. The van der Waals surface area contributed by atoms with Gasteiger partial charge in [-0.15, -0.1) is 10.2 Å². The maximum atomic E-state index is 12.8. The van der Waals surface area contributed by atoms with Crippen LogP contribution in [0.15, 0.2) is 18.5 Å². The molecule has 120 valence electrons. The molecule has 8 heteroatoms. The Bertz CT molecular complexity index is 784. The number of benzene rings is 1. The summed E-state index contributed by atoms with van der Waals surface area (Å²) >= 11 is 0. The number of carbonyl (C=O) groups excluding carboxylic acids is 1. The van der Waals surface area contributed by atoms with Crippen molar-refractivity contribution in [2.45, 2.75) is 20.0 Å². The van der Waals surface area contributed by atoms with Crippen LogP contribution in [0.25, 0.3) is 0 Å². The predicted octanol–water partition coefficient (Wildman–Crippen LogP) is 0.949. The highest BCUT2D eigenvalue weighted by Crippen LogP contribution is 2.25. The molecule has 2 heterocycles. The molecule has 0 saturated carbocycles. The van der Waals surface area contributed by atoms with Crippen LogP contribution in [0.3, 0.4) is 0 Å². The van der Waals surface area contributed by atoms with E-state index >= 15 is 0 Å². The smallest absolute Gasteiger partial charge is 0.339 e. The van der Waals surface area contributed by atoms with E-state index in [-0.39, 0.29) is 17.2 Å². The van der Waals surface area contributed by atoms with E-state index in [4.69, 9.17) is 4.74 Å². The number of amides is 1. The van der Waals surface area contributed by atoms with Crippen molar-refractivity contribution in [3.05, 3.63) is 41.0 Å². The van der Waals surface area contributed by atoms with E-state index < -0.39 is 5.97 Å². The van der Waals surface area contributed by atoms with Crippen molar-refractivity contribution in [2.24, 2.45) is 0 Å². The van der Waals surface area contributed by atoms with E-state index in [1.807, 2.05) is 4.57 Å². The summed E-state index contributed by atoms with van der Waals surface area (Å²) in [5.74, 6) is -0.393. The first kappa shape index (κ1) is 15.0. The van der Waals surface area contributed by atoms with Gasteiger partial charge in [0.15, 0.2) is 5.82 Å². The highest BCUT2D eigenvalue weighted by molar-refractivity contribution is 6.00. The monoisotopic (exact) mass is 316 g/mol. The zero-order valence-corrected chi connectivity index (χ0v) is 12.8. The van der Waals surface area contributed by atoms with Gasteiger partial charge in [-0.25, -0.2) is 4.79 Å². The first-order valence-electron chi connectivity index (χ1n) is 7.09. The van der Waals surface area contributed by atoms with Crippen LogP contribution in [0.5, 0.6) is 5.75 Å². The molecular weight excluding hydrogens is 300 g/mol. The molecule has 1 aromatic heterocycles. The number of fused-ring (bicyclic) bond motifs is 1. The molecule has 0 fully saturated rings. The van der Waals surface area contributed by atoms with Crippen molar-refractivity contribution in [3.63, 3.8) is 0 Å². The predicted molar refractivity (Wildman–Crippen MR) is 79.5 cm³/mol. The number of nitrogens with zero attached hydrogens (tertiary/aromatic N) is 4. The minimum atomic E-state index is -1.13. The molecule has 0 saturated heterocycles. The minimum absolute atomic E-state index is 0.0263. The Labute approximate surface area is 132 Å². The second-order valence-electron chi connectivity index (χ2n) is 5.34. The van der Waals surface area contributed by atoms with Crippen LogP contribution >= 0.6 is 0 Å². The summed E-state index contributed by atoms with van der Waals surface area (Å²) < 4.78 is 6.97. The Morgan fingerprint density at radius 2 is 2.04 bits per heavy atom. The lowest BCUT2D eigenvalue weighted by atomic mass is 10.0. The van der Waals surface area contributed by atoms with Gasteiger partial charge < -0.3 is 19.3 Å². The lowest BCUT2D eigenvalue weighted by Crippen LogP contribution is -2.38. The molecule has 1 N–H and O–H groups in total. The average Bonchev–Trinajstić information content (AvgIpc) is 3.01. The van der Waals surface area contributed by atoms with Crippen LogP contribution in [-0.4, -0.2) is 50.3 Å². The summed E-state index contributed by atoms with van der Waals surface area (Å²) in [5, 5.41) is 17.1. The molecule has 0 unspecified atom stereocenters. The van der Waals surface area contributed by atoms with Gasteiger partial charge >= 0.3 is 5.97 Å². The molecule has 0 aliphatic carbocycles. The SMILES string of the molecule is COc1cc(C)c(C(=O)N2CCn3cnnc3C2)cc1C(=O)O. The molecule has 0 bridgehead atoms.